The third-order valence-electron chi connectivity index (χ3n) is 5.53. The minimum absolute atomic E-state index is 0.0112. The number of rotatable bonds is 6. The monoisotopic (exact) mass is 430 g/mol. The van der Waals surface area contributed by atoms with Crippen LogP contribution in [0.1, 0.15) is 31.9 Å². The van der Waals surface area contributed by atoms with Gasteiger partial charge in [0.1, 0.15) is 0 Å². The van der Waals surface area contributed by atoms with Crippen LogP contribution in [0.4, 0.5) is 0 Å². The van der Waals surface area contributed by atoms with Gasteiger partial charge in [-0.3, -0.25) is 4.79 Å². The molecule has 0 bridgehead atoms. The second-order valence-electron chi connectivity index (χ2n) is 8.87. The predicted molar refractivity (Wildman–Crippen MR) is 118 cm³/mol. The van der Waals surface area contributed by atoms with Gasteiger partial charge in [-0.15, -0.1) is 0 Å². The standard InChI is InChI=1S/C23H31N3O3S/c1-23(2,3)20-9-11-21(12-10-20)30(28,29)26-15-13-25(14-16-26)18-22(27)24-17-19-7-5-4-6-8-19/h4-12H,13-18H2,1-3H3,(H,24,27)/p+1. The molecule has 1 amide bonds. The first-order valence-electron chi connectivity index (χ1n) is 10.4. The molecule has 0 saturated carbocycles. The molecule has 1 saturated heterocycles. The molecule has 0 unspecified atom stereocenters. The van der Waals surface area contributed by atoms with E-state index in [0.29, 0.717) is 44.2 Å². The number of hydrogen-bond acceptors (Lipinski definition) is 3. The van der Waals surface area contributed by atoms with Crippen molar-refractivity contribution < 1.29 is 18.1 Å². The average Bonchev–Trinajstić information content (AvgIpc) is 2.73. The zero-order valence-electron chi connectivity index (χ0n) is 18.0. The highest BCUT2D eigenvalue weighted by Gasteiger charge is 2.31. The Hall–Kier alpha value is -2.22. The first-order valence-corrected chi connectivity index (χ1v) is 11.9. The van der Waals surface area contributed by atoms with Crippen molar-refractivity contribution in [2.75, 3.05) is 32.7 Å². The van der Waals surface area contributed by atoms with Gasteiger partial charge in [0.15, 0.2) is 6.54 Å². The zero-order chi connectivity index (χ0) is 21.8. The molecule has 6 nitrogen and oxygen atoms in total. The summed E-state index contributed by atoms with van der Waals surface area (Å²) >= 11 is 0. The highest BCUT2D eigenvalue weighted by molar-refractivity contribution is 7.89. The van der Waals surface area contributed by atoms with E-state index >= 15 is 0 Å². The smallest absolute Gasteiger partial charge is 0.275 e. The number of amides is 1. The van der Waals surface area contributed by atoms with Crippen molar-refractivity contribution in [3.8, 4) is 0 Å². The number of hydrogen-bond donors (Lipinski definition) is 2. The summed E-state index contributed by atoms with van der Waals surface area (Å²) in [4.78, 5) is 13.7. The number of quaternary nitrogens is 1. The zero-order valence-corrected chi connectivity index (χ0v) is 18.8. The molecule has 162 valence electrons. The molecule has 1 heterocycles. The van der Waals surface area contributed by atoms with E-state index in [1.54, 1.807) is 12.1 Å². The summed E-state index contributed by atoms with van der Waals surface area (Å²) in [6.45, 7) is 9.28. The van der Waals surface area contributed by atoms with E-state index in [1.807, 2.05) is 42.5 Å². The Kier molecular flexibility index (Phi) is 6.95. The van der Waals surface area contributed by atoms with Gasteiger partial charge in [0, 0.05) is 6.54 Å². The van der Waals surface area contributed by atoms with E-state index in [2.05, 4.69) is 26.1 Å². The van der Waals surface area contributed by atoms with E-state index in [0.717, 1.165) is 16.0 Å². The molecule has 0 spiro atoms. The number of carbonyl (C=O) groups is 1. The lowest BCUT2D eigenvalue weighted by molar-refractivity contribution is -0.895. The molecule has 3 rings (SSSR count). The van der Waals surface area contributed by atoms with Gasteiger partial charge in [0.25, 0.3) is 5.91 Å². The predicted octanol–water partition coefficient (Wildman–Crippen LogP) is 1.19. The summed E-state index contributed by atoms with van der Waals surface area (Å²) in [5.41, 5.74) is 2.16. The lowest BCUT2D eigenvalue weighted by atomic mass is 9.87. The van der Waals surface area contributed by atoms with Gasteiger partial charge in [-0.1, -0.05) is 63.2 Å². The van der Waals surface area contributed by atoms with Crippen LogP contribution in [0.25, 0.3) is 0 Å². The Bertz CT molecular complexity index is 943. The fourth-order valence-corrected chi connectivity index (χ4v) is 5.02. The molecule has 0 aromatic heterocycles. The molecule has 1 aliphatic heterocycles. The summed E-state index contributed by atoms with van der Waals surface area (Å²) < 4.78 is 27.5. The molecule has 2 aromatic carbocycles. The van der Waals surface area contributed by atoms with E-state index in [4.69, 9.17) is 0 Å². The van der Waals surface area contributed by atoms with Gasteiger partial charge in [-0.2, -0.15) is 4.31 Å². The molecular formula is C23H32N3O3S+. The third-order valence-corrected chi connectivity index (χ3v) is 7.44. The Labute approximate surface area is 179 Å². The van der Waals surface area contributed by atoms with Crippen LogP contribution in [0.2, 0.25) is 0 Å². The topological polar surface area (TPSA) is 70.9 Å². The molecule has 0 radical (unpaired) electrons. The van der Waals surface area contributed by atoms with Gasteiger partial charge in [-0.25, -0.2) is 8.42 Å². The summed E-state index contributed by atoms with van der Waals surface area (Å²) in [6.07, 6.45) is 0. The largest absolute Gasteiger partial charge is 0.347 e. The highest BCUT2D eigenvalue weighted by atomic mass is 32.2. The Morgan fingerprint density at radius 3 is 2.17 bits per heavy atom. The first kappa shape index (κ1) is 22.5. The van der Waals surface area contributed by atoms with Crippen LogP contribution in [0.5, 0.6) is 0 Å². The second-order valence-corrected chi connectivity index (χ2v) is 10.8. The van der Waals surface area contributed by atoms with Crippen molar-refractivity contribution in [1.29, 1.82) is 0 Å². The maximum Gasteiger partial charge on any atom is 0.275 e. The molecule has 30 heavy (non-hydrogen) atoms. The van der Waals surface area contributed by atoms with E-state index in [9.17, 15) is 13.2 Å². The van der Waals surface area contributed by atoms with Gasteiger partial charge < -0.3 is 10.2 Å². The molecule has 2 N–H and O–H groups in total. The Balaban J connectivity index is 1.51. The van der Waals surface area contributed by atoms with Crippen molar-refractivity contribution in [3.63, 3.8) is 0 Å². The van der Waals surface area contributed by atoms with Crippen LogP contribution < -0.4 is 10.2 Å². The number of carbonyl (C=O) groups excluding carboxylic acids is 1. The minimum Gasteiger partial charge on any atom is -0.347 e. The van der Waals surface area contributed by atoms with E-state index in [1.165, 1.54) is 4.31 Å². The molecule has 2 aromatic rings. The molecule has 1 fully saturated rings. The van der Waals surface area contributed by atoms with Gasteiger partial charge >= 0.3 is 0 Å². The minimum atomic E-state index is -3.50. The maximum atomic E-state index is 13.0. The third kappa shape index (κ3) is 5.68. The summed E-state index contributed by atoms with van der Waals surface area (Å²) in [7, 11) is -3.50. The molecule has 1 aliphatic rings. The normalized spacial score (nSPS) is 16.4. The van der Waals surface area contributed by atoms with Crippen molar-refractivity contribution in [3.05, 3.63) is 65.7 Å². The van der Waals surface area contributed by atoms with Crippen LogP contribution in [-0.4, -0.2) is 51.4 Å². The second kappa shape index (κ2) is 9.29. The van der Waals surface area contributed by atoms with Crippen molar-refractivity contribution >= 4 is 15.9 Å². The van der Waals surface area contributed by atoms with Gasteiger partial charge in [0.05, 0.1) is 31.1 Å². The van der Waals surface area contributed by atoms with Crippen LogP contribution in [0.3, 0.4) is 0 Å². The summed E-state index contributed by atoms with van der Waals surface area (Å²) in [5.74, 6) is -0.0112. The van der Waals surface area contributed by atoms with E-state index in [-0.39, 0.29) is 11.3 Å². The number of benzene rings is 2. The summed E-state index contributed by atoms with van der Waals surface area (Å²) in [6, 6.07) is 17.0. The van der Waals surface area contributed by atoms with Crippen molar-refractivity contribution in [2.45, 2.75) is 37.6 Å². The first-order chi connectivity index (χ1) is 14.2. The lowest BCUT2D eigenvalue weighted by Crippen LogP contribution is -3.15. The molecule has 7 heteroatoms. The van der Waals surface area contributed by atoms with Crippen molar-refractivity contribution in [1.82, 2.24) is 9.62 Å². The quantitative estimate of drug-likeness (QED) is 0.723. The van der Waals surface area contributed by atoms with Crippen LogP contribution in [0.15, 0.2) is 59.5 Å². The van der Waals surface area contributed by atoms with Gasteiger partial charge in [-0.05, 0) is 28.7 Å². The maximum absolute atomic E-state index is 13.0. The van der Waals surface area contributed by atoms with Crippen LogP contribution in [-0.2, 0) is 26.8 Å². The van der Waals surface area contributed by atoms with Crippen molar-refractivity contribution in [2.24, 2.45) is 0 Å². The van der Waals surface area contributed by atoms with Gasteiger partial charge in [0.2, 0.25) is 10.0 Å². The molecular weight excluding hydrogens is 398 g/mol. The summed E-state index contributed by atoms with van der Waals surface area (Å²) in [5, 5.41) is 2.94. The van der Waals surface area contributed by atoms with Crippen LogP contribution in [0, 0.1) is 0 Å². The fourth-order valence-electron chi connectivity index (χ4n) is 3.58. The number of sulfonamides is 1. The average molecular weight is 431 g/mol. The number of piperazine rings is 1. The van der Waals surface area contributed by atoms with E-state index < -0.39 is 10.0 Å². The SMILES string of the molecule is CC(C)(C)c1ccc(S(=O)(=O)N2CC[NH+](CC(=O)NCc3ccccc3)CC2)cc1. The fraction of sp³-hybridized carbons (Fsp3) is 0.435. The number of nitrogens with one attached hydrogen (secondary N) is 2. The van der Waals surface area contributed by atoms with Crippen LogP contribution >= 0.6 is 0 Å². The Morgan fingerprint density at radius 2 is 1.60 bits per heavy atom. The highest BCUT2D eigenvalue weighted by Crippen LogP contribution is 2.24. The molecule has 0 atom stereocenters. The Morgan fingerprint density at radius 1 is 1.00 bits per heavy atom. The molecule has 0 aliphatic carbocycles. The number of nitrogens with zero attached hydrogens (tertiary/aromatic N) is 1. The lowest BCUT2D eigenvalue weighted by Gasteiger charge is -2.31.